The average molecular weight is 393 g/mol. The quantitative estimate of drug-likeness (QED) is 0.585. The lowest BCUT2D eigenvalue weighted by Crippen LogP contribution is -2.17. The van der Waals surface area contributed by atoms with E-state index in [2.05, 4.69) is 10.6 Å². The summed E-state index contributed by atoms with van der Waals surface area (Å²) in [5.74, 6) is -2.94. The van der Waals surface area contributed by atoms with E-state index >= 15 is 0 Å². The first-order chi connectivity index (χ1) is 13.0. The molecule has 0 fully saturated rings. The molecule has 140 valence electrons. The van der Waals surface area contributed by atoms with E-state index < -0.39 is 17.5 Å². The monoisotopic (exact) mass is 392 g/mol. The van der Waals surface area contributed by atoms with Gasteiger partial charge in [-0.3, -0.25) is 9.59 Å². The molecule has 2 N–H and O–H groups in total. The van der Waals surface area contributed by atoms with Gasteiger partial charge >= 0.3 is 0 Å². The minimum absolute atomic E-state index is 0.0544. The van der Waals surface area contributed by atoms with Crippen molar-refractivity contribution in [2.75, 3.05) is 16.5 Å². The molecule has 3 rings (SSSR count). The molecule has 2 amide bonds. The Morgan fingerprint density at radius 2 is 1.81 bits per heavy atom. The number of carbonyl (C=O) groups is 2. The van der Waals surface area contributed by atoms with Gasteiger partial charge in [-0.05, 0) is 30.7 Å². The van der Waals surface area contributed by atoms with Gasteiger partial charge in [0.25, 0.3) is 5.91 Å². The van der Waals surface area contributed by atoms with Crippen LogP contribution in [-0.4, -0.2) is 17.7 Å². The molecule has 0 aliphatic heterocycles. The smallest absolute Gasteiger partial charge is 0.293 e. The highest BCUT2D eigenvalue weighted by Crippen LogP contribution is 2.31. The van der Waals surface area contributed by atoms with Crippen LogP contribution >= 0.6 is 11.6 Å². The van der Waals surface area contributed by atoms with E-state index in [0.717, 1.165) is 12.1 Å². The van der Waals surface area contributed by atoms with Crippen molar-refractivity contribution in [3.8, 4) is 0 Å². The van der Waals surface area contributed by atoms with Gasteiger partial charge < -0.3 is 15.1 Å². The van der Waals surface area contributed by atoms with Gasteiger partial charge in [0.1, 0.15) is 11.3 Å². The van der Waals surface area contributed by atoms with Crippen LogP contribution in [-0.2, 0) is 4.79 Å². The van der Waals surface area contributed by atoms with E-state index in [1.165, 1.54) is 6.07 Å². The zero-order valence-corrected chi connectivity index (χ0v) is 14.8. The van der Waals surface area contributed by atoms with Gasteiger partial charge in [-0.15, -0.1) is 11.6 Å². The fraction of sp³-hybridized carbons (Fsp3) is 0.158. The number of alkyl halides is 1. The summed E-state index contributed by atoms with van der Waals surface area (Å²) in [4.78, 5) is 24.7. The molecule has 8 heteroatoms. The van der Waals surface area contributed by atoms with E-state index in [0.29, 0.717) is 23.3 Å². The normalized spacial score (nSPS) is 10.8. The summed E-state index contributed by atoms with van der Waals surface area (Å²) in [6.45, 7) is 0. The van der Waals surface area contributed by atoms with Crippen molar-refractivity contribution in [2.45, 2.75) is 12.8 Å². The van der Waals surface area contributed by atoms with E-state index in [9.17, 15) is 18.4 Å². The number of para-hydroxylation sites is 1. The fourth-order valence-corrected chi connectivity index (χ4v) is 2.65. The molecule has 3 aromatic rings. The van der Waals surface area contributed by atoms with E-state index in [4.69, 9.17) is 16.0 Å². The highest BCUT2D eigenvalue weighted by molar-refractivity contribution is 6.18. The van der Waals surface area contributed by atoms with Gasteiger partial charge in [0.05, 0.1) is 0 Å². The van der Waals surface area contributed by atoms with Gasteiger partial charge in [-0.2, -0.15) is 0 Å². The molecule has 0 radical (unpaired) electrons. The zero-order valence-electron chi connectivity index (χ0n) is 14.0. The fourth-order valence-electron chi connectivity index (χ4n) is 2.52. The van der Waals surface area contributed by atoms with Gasteiger partial charge in [-0.1, -0.05) is 12.1 Å². The van der Waals surface area contributed by atoms with Crippen LogP contribution in [0, 0.1) is 11.6 Å². The number of anilines is 2. The summed E-state index contributed by atoms with van der Waals surface area (Å²) in [5, 5.41) is 5.65. The summed E-state index contributed by atoms with van der Waals surface area (Å²) in [7, 11) is 0. The molecule has 0 atom stereocenters. The Morgan fingerprint density at radius 1 is 1.04 bits per heavy atom. The van der Waals surface area contributed by atoms with Gasteiger partial charge in [0.15, 0.2) is 11.6 Å². The van der Waals surface area contributed by atoms with Crippen molar-refractivity contribution >= 4 is 45.8 Å². The molecule has 5 nitrogen and oxygen atoms in total. The van der Waals surface area contributed by atoms with Crippen LogP contribution in [0.15, 0.2) is 46.9 Å². The lowest BCUT2D eigenvalue weighted by Gasteiger charge is -2.07. The summed E-state index contributed by atoms with van der Waals surface area (Å²) >= 11 is 5.60. The second-order valence-corrected chi connectivity index (χ2v) is 6.10. The van der Waals surface area contributed by atoms with Crippen molar-refractivity contribution in [3.05, 3.63) is 59.9 Å². The Labute approximate surface area is 158 Å². The summed E-state index contributed by atoms with van der Waals surface area (Å²) in [6.07, 6.45) is 0.673. The van der Waals surface area contributed by atoms with E-state index in [-0.39, 0.29) is 29.5 Å². The Morgan fingerprint density at radius 3 is 2.56 bits per heavy atom. The number of carbonyl (C=O) groups excluding carboxylic acids is 2. The first kappa shape index (κ1) is 18.8. The summed E-state index contributed by atoms with van der Waals surface area (Å²) in [5.41, 5.74) is 0.671. The zero-order chi connectivity index (χ0) is 19.4. The highest BCUT2D eigenvalue weighted by atomic mass is 35.5. The van der Waals surface area contributed by atoms with Crippen LogP contribution in [0.2, 0.25) is 0 Å². The molecule has 1 heterocycles. The second-order valence-electron chi connectivity index (χ2n) is 5.73. The number of nitrogens with one attached hydrogen (secondary N) is 2. The molecule has 0 aliphatic carbocycles. The molecule has 2 aromatic carbocycles. The molecular weight excluding hydrogens is 378 g/mol. The number of halogens is 3. The Balaban J connectivity index is 1.92. The molecule has 0 spiro atoms. The third kappa shape index (κ3) is 4.25. The molecular formula is C19H15ClF2N2O3. The largest absolute Gasteiger partial charge is 0.449 e. The second kappa shape index (κ2) is 8.18. The van der Waals surface area contributed by atoms with Gasteiger partial charge in [0.2, 0.25) is 11.7 Å². The van der Waals surface area contributed by atoms with Crippen LogP contribution in [0.5, 0.6) is 0 Å². The van der Waals surface area contributed by atoms with E-state index in [1.54, 1.807) is 24.3 Å². The number of fused-ring (bicyclic) bond motifs is 1. The maximum Gasteiger partial charge on any atom is 0.293 e. The SMILES string of the molecule is O=C(CCCCl)Nc1c(C(=O)Nc2ccc(F)c(F)c2)oc2ccccc12. The van der Waals surface area contributed by atoms with Crippen LogP contribution in [0.3, 0.4) is 0 Å². The molecule has 0 unspecified atom stereocenters. The Kier molecular flexibility index (Phi) is 5.71. The number of furan rings is 1. The minimum Gasteiger partial charge on any atom is -0.449 e. The summed E-state index contributed by atoms with van der Waals surface area (Å²) < 4.78 is 32.0. The van der Waals surface area contributed by atoms with Crippen LogP contribution in [0.1, 0.15) is 23.4 Å². The molecule has 0 aliphatic rings. The van der Waals surface area contributed by atoms with Crippen molar-refractivity contribution < 1.29 is 22.8 Å². The first-order valence-electron chi connectivity index (χ1n) is 8.13. The number of amides is 2. The number of hydrogen-bond acceptors (Lipinski definition) is 3. The lowest BCUT2D eigenvalue weighted by molar-refractivity contribution is -0.116. The third-order valence-electron chi connectivity index (χ3n) is 3.78. The standard InChI is InChI=1S/C19H15ClF2N2O3/c20-9-3-6-16(25)24-17-12-4-1-2-5-15(12)27-18(17)19(26)23-11-7-8-13(21)14(22)10-11/h1-2,4-5,7-8,10H,3,6,9H2,(H,23,26)(H,24,25). The van der Waals surface area contributed by atoms with Crippen LogP contribution in [0.4, 0.5) is 20.2 Å². The molecule has 1 aromatic heterocycles. The Bertz CT molecular complexity index is 1000. The summed E-state index contributed by atoms with van der Waals surface area (Å²) in [6, 6.07) is 9.79. The maximum atomic E-state index is 13.4. The van der Waals surface area contributed by atoms with Crippen LogP contribution in [0.25, 0.3) is 11.0 Å². The molecule has 27 heavy (non-hydrogen) atoms. The predicted octanol–water partition coefficient (Wildman–Crippen LogP) is 4.92. The first-order valence-corrected chi connectivity index (χ1v) is 8.67. The van der Waals surface area contributed by atoms with Crippen molar-refractivity contribution in [3.63, 3.8) is 0 Å². The number of benzene rings is 2. The average Bonchev–Trinajstić information content (AvgIpc) is 3.02. The third-order valence-corrected chi connectivity index (χ3v) is 4.05. The van der Waals surface area contributed by atoms with Crippen molar-refractivity contribution in [1.82, 2.24) is 0 Å². The Hall–Kier alpha value is -2.93. The van der Waals surface area contributed by atoms with Crippen LogP contribution < -0.4 is 10.6 Å². The molecule has 0 bridgehead atoms. The molecule has 0 saturated carbocycles. The maximum absolute atomic E-state index is 13.4. The topological polar surface area (TPSA) is 71.3 Å². The van der Waals surface area contributed by atoms with Crippen molar-refractivity contribution in [2.24, 2.45) is 0 Å². The number of hydrogen-bond donors (Lipinski definition) is 2. The van der Waals surface area contributed by atoms with Gasteiger partial charge in [-0.25, -0.2) is 8.78 Å². The lowest BCUT2D eigenvalue weighted by atomic mass is 10.2. The minimum atomic E-state index is -1.09. The van der Waals surface area contributed by atoms with Gasteiger partial charge in [0, 0.05) is 29.4 Å². The highest BCUT2D eigenvalue weighted by Gasteiger charge is 2.22. The molecule has 0 saturated heterocycles. The predicted molar refractivity (Wildman–Crippen MR) is 99.1 cm³/mol. The number of rotatable bonds is 6. The van der Waals surface area contributed by atoms with Crippen molar-refractivity contribution in [1.29, 1.82) is 0 Å². The van der Waals surface area contributed by atoms with E-state index in [1.807, 2.05) is 0 Å².